The largest absolute Gasteiger partial charge is 0.453 e. The standard InChI is InChI=1S/C60H68N8O6/c1-31(2)49(65-57(71)73-5)55(69)67-47-21-25-59(47)23-19-41(59)51(67)53-61-43-17-15-37(29-45(43)63-53)39-27-33-7-11-35(39)13-9-34-8-12-36(14-10-33)40(28-34)38-16-18-44-46(30-38)64-54(62-44)52-42-20-24-60(42)26-22-48(60)68(52)56(70)50(32(3)4)66-58(72)74-6/h7-8,11-12,15-18,27-32,41-42,47-52H,9-10,13-14,19-26H2,1-6H3,(H,61,63)(H,62,64)(H,65,71)(H,66,72)/t41?,42?,47?,48?,49-,50-,51-,52-,59?,60?/m0/s1. The van der Waals surface area contributed by atoms with E-state index in [0.29, 0.717) is 11.8 Å². The lowest BCUT2D eigenvalue weighted by Gasteiger charge is -2.56. The van der Waals surface area contributed by atoms with Gasteiger partial charge in [0.1, 0.15) is 23.7 Å². The van der Waals surface area contributed by atoms with E-state index in [-0.39, 0.29) is 58.6 Å². The van der Waals surface area contributed by atoms with Crippen LogP contribution < -0.4 is 10.6 Å². The summed E-state index contributed by atoms with van der Waals surface area (Å²) >= 11 is 0. The molecule has 2 spiro atoms. The second-order valence-electron chi connectivity index (χ2n) is 23.7. The Morgan fingerprint density at radius 1 is 0.568 bits per heavy atom. The van der Waals surface area contributed by atoms with Crippen LogP contribution in [-0.2, 0) is 44.7 Å². The van der Waals surface area contributed by atoms with E-state index in [1.807, 2.05) is 27.7 Å². The Bertz CT molecular complexity index is 3060. The van der Waals surface area contributed by atoms with Crippen LogP contribution in [0.2, 0.25) is 0 Å². The summed E-state index contributed by atoms with van der Waals surface area (Å²) in [7, 11) is 2.67. The van der Waals surface area contributed by atoms with E-state index in [0.717, 1.165) is 122 Å². The van der Waals surface area contributed by atoms with Crippen LogP contribution in [0.4, 0.5) is 9.59 Å². The van der Waals surface area contributed by atoms with Gasteiger partial charge < -0.3 is 39.9 Å². The van der Waals surface area contributed by atoms with Crippen molar-refractivity contribution in [2.45, 2.75) is 141 Å². The number of nitrogens with zero attached hydrogens (tertiary/aromatic N) is 4. The number of aryl methyl sites for hydroxylation is 4. The third-order valence-electron chi connectivity index (χ3n) is 19.6. The van der Waals surface area contributed by atoms with E-state index in [1.165, 1.54) is 47.6 Å². The molecule has 2 saturated heterocycles. The molecule has 16 rings (SSSR count). The second kappa shape index (κ2) is 17.4. The van der Waals surface area contributed by atoms with Crippen molar-refractivity contribution in [2.24, 2.45) is 34.5 Å². The van der Waals surface area contributed by atoms with Crippen molar-refractivity contribution in [3.05, 3.63) is 107 Å². The number of aromatic nitrogens is 4. The number of hydrogen-bond donors (Lipinski definition) is 4. The maximum atomic E-state index is 14.5. The minimum atomic E-state index is -0.685. The maximum absolute atomic E-state index is 14.5. The van der Waals surface area contributed by atoms with Crippen molar-refractivity contribution in [1.82, 2.24) is 40.4 Å². The predicted molar refractivity (Wildman–Crippen MR) is 282 cm³/mol. The van der Waals surface area contributed by atoms with Gasteiger partial charge >= 0.3 is 12.2 Å². The molecule has 8 aliphatic carbocycles. The smallest absolute Gasteiger partial charge is 0.407 e. The molecule has 0 radical (unpaired) electrons. The van der Waals surface area contributed by atoms with Gasteiger partial charge in [0, 0.05) is 12.1 Å². The van der Waals surface area contributed by atoms with E-state index in [9.17, 15) is 19.2 Å². The Balaban J connectivity index is 0.770. The Labute approximate surface area is 432 Å². The number of amides is 4. The summed E-state index contributed by atoms with van der Waals surface area (Å²) in [6, 6.07) is 25.7. The summed E-state index contributed by atoms with van der Waals surface area (Å²) < 4.78 is 9.89. The summed E-state index contributed by atoms with van der Waals surface area (Å²) in [4.78, 5) is 76.1. The summed E-state index contributed by atoms with van der Waals surface area (Å²) in [6.45, 7) is 7.88. The van der Waals surface area contributed by atoms with Crippen molar-refractivity contribution in [3.63, 3.8) is 0 Å². The van der Waals surface area contributed by atoms with Crippen LogP contribution in [0.3, 0.4) is 0 Å². The number of fused-ring (bicyclic) bond motifs is 2. The molecule has 2 aromatic heterocycles. The highest BCUT2D eigenvalue weighted by atomic mass is 16.5. The molecule has 74 heavy (non-hydrogen) atoms. The minimum absolute atomic E-state index is 0.0489. The van der Waals surface area contributed by atoms with Crippen molar-refractivity contribution >= 4 is 46.1 Å². The van der Waals surface area contributed by atoms with Gasteiger partial charge in [-0.05, 0) is 180 Å². The average molecular weight is 997 g/mol. The van der Waals surface area contributed by atoms with Crippen LogP contribution in [0.25, 0.3) is 44.3 Å². The lowest BCUT2D eigenvalue weighted by Crippen LogP contribution is -2.58. The fourth-order valence-corrected chi connectivity index (χ4v) is 15.4. The maximum Gasteiger partial charge on any atom is 0.407 e. The summed E-state index contributed by atoms with van der Waals surface area (Å²) in [5, 5.41) is 5.70. The molecular weight excluding hydrogens is 929 g/mol. The van der Waals surface area contributed by atoms with Crippen LogP contribution in [-0.4, -0.2) is 92.1 Å². The van der Waals surface area contributed by atoms with E-state index >= 15 is 0 Å². The summed E-state index contributed by atoms with van der Waals surface area (Å²) in [5.74, 6) is 2.05. The zero-order valence-corrected chi connectivity index (χ0v) is 43.4. The molecule has 4 amide bonds. The third-order valence-corrected chi connectivity index (χ3v) is 19.6. The van der Waals surface area contributed by atoms with Crippen molar-refractivity contribution in [2.75, 3.05) is 14.2 Å². The molecule has 6 aromatic rings. The van der Waals surface area contributed by atoms with Crippen LogP contribution in [0, 0.1) is 34.5 Å². The molecule has 14 heteroatoms. The highest BCUT2D eigenvalue weighted by Crippen LogP contribution is 2.72. The second-order valence-corrected chi connectivity index (χ2v) is 23.7. The van der Waals surface area contributed by atoms with Gasteiger partial charge in [-0.1, -0.05) is 76.2 Å². The number of nitrogens with one attached hydrogen (secondary N) is 4. The molecule has 4 N–H and O–H groups in total. The topological polar surface area (TPSA) is 175 Å². The molecule has 10 atom stereocenters. The first-order valence-electron chi connectivity index (χ1n) is 27.4. The Morgan fingerprint density at radius 3 is 1.34 bits per heavy atom. The van der Waals surface area contributed by atoms with Crippen molar-refractivity contribution < 1.29 is 28.7 Å². The van der Waals surface area contributed by atoms with Crippen LogP contribution in [0.5, 0.6) is 0 Å². The number of aromatic amines is 2. The number of methoxy groups -OCH3 is 2. The number of carbonyl (C=O) groups is 4. The number of benzene rings is 4. The minimum Gasteiger partial charge on any atom is -0.453 e. The number of imidazole rings is 2. The van der Waals surface area contributed by atoms with Crippen molar-refractivity contribution in [1.29, 1.82) is 0 Å². The molecule has 6 unspecified atom stereocenters. The average Bonchev–Trinajstić information content (AvgIpc) is 4.04. The number of likely N-dealkylation sites (tertiary alicyclic amines) is 2. The first-order chi connectivity index (χ1) is 35.8. The molecule has 4 heterocycles. The Hall–Kier alpha value is -6.70. The number of alkyl carbamates (subject to hydrolysis) is 2. The summed E-state index contributed by atoms with van der Waals surface area (Å²) in [5.41, 5.74) is 13.9. The monoisotopic (exact) mass is 997 g/mol. The van der Waals surface area contributed by atoms with Crippen LogP contribution in [0.1, 0.15) is 125 Å². The molecule has 4 saturated carbocycles. The molecule has 4 bridgehead atoms. The molecule has 2 aliphatic heterocycles. The molecule has 10 aliphatic rings. The van der Waals surface area contributed by atoms with E-state index in [2.05, 4.69) is 103 Å². The molecular formula is C60H68N8O6. The quantitative estimate of drug-likeness (QED) is 0.105. The van der Waals surface area contributed by atoms with Gasteiger partial charge in [0.15, 0.2) is 0 Å². The fourth-order valence-electron chi connectivity index (χ4n) is 15.4. The highest BCUT2D eigenvalue weighted by molar-refractivity contribution is 5.89. The molecule has 384 valence electrons. The third kappa shape index (κ3) is 7.08. The SMILES string of the molecule is COC(=O)N[C@H](C(=O)N1C2CCC23CCC3[C@H]1c1nc2ccc(-c3cc4ccc3CCc3ccc(c(-c5ccc6nc([C@@H]7C8CCC89CCC9N7C(=O)[C@@H](NC(=O)OC)C(C)C)[nH]c6c5)c3)CC4)cc2[nH]1)C(C)C. The van der Waals surface area contributed by atoms with Gasteiger partial charge in [0.25, 0.3) is 0 Å². The van der Waals surface area contributed by atoms with Gasteiger partial charge in [-0.3, -0.25) is 9.59 Å². The number of H-pyrrole nitrogens is 2. The number of rotatable bonds is 10. The zero-order valence-electron chi connectivity index (χ0n) is 43.4. The predicted octanol–water partition coefficient (Wildman–Crippen LogP) is 10.3. The Morgan fingerprint density at radius 2 is 0.986 bits per heavy atom. The fraction of sp³-hybridized carbons (Fsp3) is 0.500. The zero-order chi connectivity index (χ0) is 50.9. The molecule has 6 fully saturated rings. The highest BCUT2D eigenvalue weighted by Gasteiger charge is 2.71. The number of carbonyl (C=O) groups excluding carboxylic acids is 4. The lowest BCUT2D eigenvalue weighted by molar-refractivity contribution is -0.142. The Kier molecular flexibility index (Phi) is 11.1. The first kappa shape index (κ1) is 47.0. The van der Waals surface area contributed by atoms with Gasteiger partial charge in [-0.25, -0.2) is 19.6 Å². The van der Waals surface area contributed by atoms with E-state index in [4.69, 9.17) is 19.4 Å². The van der Waals surface area contributed by atoms with Crippen molar-refractivity contribution in [3.8, 4) is 22.3 Å². The lowest BCUT2D eigenvalue weighted by atomic mass is 9.48. The van der Waals surface area contributed by atoms with Gasteiger partial charge in [-0.15, -0.1) is 0 Å². The van der Waals surface area contributed by atoms with Crippen LogP contribution in [0.15, 0.2) is 72.8 Å². The number of ether oxygens (including phenoxy) is 2. The van der Waals surface area contributed by atoms with E-state index < -0.39 is 24.3 Å². The van der Waals surface area contributed by atoms with Crippen LogP contribution >= 0.6 is 0 Å². The van der Waals surface area contributed by atoms with Gasteiger partial charge in [-0.2, -0.15) is 0 Å². The first-order valence-corrected chi connectivity index (χ1v) is 27.4. The van der Waals surface area contributed by atoms with E-state index in [1.54, 1.807) is 0 Å². The van der Waals surface area contributed by atoms with Gasteiger partial charge in [0.05, 0.1) is 48.4 Å². The van der Waals surface area contributed by atoms with Gasteiger partial charge in [0.2, 0.25) is 11.8 Å². The number of hydrogen-bond acceptors (Lipinski definition) is 8. The molecule has 4 aromatic carbocycles. The molecule has 14 nitrogen and oxygen atoms in total. The normalized spacial score (nSPS) is 27.9. The summed E-state index contributed by atoms with van der Waals surface area (Å²) in [6.07, 6.45) is 10.9.